The second-order valence-electron chi connectivity index (χ2n) is 8.23. The van der Waals surface area contributed by atoms with Gasteiger partial charge in [-0.25, -0.2) is 9.97 Å². The number of hydrogen-bond acceptors (Lipinski definition) is 7. The van der Waals surface area contributed by atoms with Gasteiger partial charge in [0.15, 0.2) is 5.52 Å². The Morgan fingerprint density at radius 1 is 1.09 bits per heavy atom. The molecule has 0 aliphatic carbocycles. The normalized spacial score (nSPS) is 19.2. The van der Waals surface area contributed by atoms with Crippen molar-refractivity contribution in [2.45, 2.75) is 25.9 Å². The fourth-order valence-electron chi connectivity index (χ4n) is 4.26. The summed E-state index contributed by atoms with van der Waals surface area (Å²) in [6.07, 6.45) is 5.25. The number of pyridine rings is 1. The predicted molar refractivity (Wildman–Crippen MR) is 122 cm³/mol. The third-order valence-corrected chi connectivity index (χ3v) is 6.07. The van der Waals surface area contributed by atoms with Gasteiger partial charge >= 0.3 is 0 Å². The standard InChI is InChI=1S/C24H27N5O3/c1-17(30)28-10-12-29(13-11-28)19-6-4-18(5-7-19)21-15-22-23(26-9-8-25-22)24(27-21)32-20-3-2-14-31-16-20/h4-9,15,20H,2-3,10-14,16H2,1H3. The van der Waals surface area contributed by atoms with Crippen molar-refractivity contribution < 1.29 is 14.3 Å². The maximum absolute atomic E-state index is 11.6. The molecule has 2 aliphatic rings. The average Bonchev–Trinajstić information content (AvgIpc) is 2.85. The molecule has 2 aromatic heterocycles. The van der Waals surface area contributed by atoms with E-state index >= 15 is 0 Å². The molecule has 4 heterocycles. The van der Waals surface area contributed by atoms with E-state index in [4.69, 9.17) is 14.5 Å². The van der Waals surface area contributed by atoms with E-state index in [2.05, 4.69) is 39.1 Å². The Balaban J connectivity index is 1.39. The van der Waals surface area contributed by atoms with Crippen LogP contribution in [0.25, 0.3) is 22.3 Å². The molecular weight excluding hydrogens is 406 g/mol. The van der Waals surface area contributed by atoms with Crippen molar-refractivity contribution in [3.05, 3.63) is 42.7 Å². The zero-order valence-corrected chi connectivity index (χ0v) is 18.2. The van der Waals surface area contributed by atoms with Gasteiger partial charge in [0.25, 0.3) is 0 Å². The van der Waals surface area contributed by atoms with E-state index in [1.807, 2.05) is 11.0 Å². The number of nitrogens with zero attached hydrogens (tertiary/aromatic N) is 5. The summed E-state index contributed by atoms with van der Waals surface area (Å²) in [6, 6.07) is 10.3. The Kier molecular flexibility index (Phi) is 5.85. The third kappa shape index (κ3) is 4.36. The largest absolute Gasteiger partial charge is 0.470 e. The molecule has 8 nitrogen and oxygen atoms in total. The fraction of sp³-hybridized carbons (Fsp3) is 0.417. The summed E-state index contributed by atoms with van der Waals surface area (Å²) in [4.78, 5) is 29.5. The molecule has 3 aromatic rings. The molecule has 2 saturated heterocycles. The van der Waals surface area contributed by atoms with Crippen LogP contribution in [0.4, 0.5) is 5.69 Å². The zero-order valence-electron chi connectivity index (χ0n) is 18.2. The van der Waals surface area contributed by atoms with Crippen LogP contribution in [0.2, 0.25) is 0 Å². The number of fused-ring (bicyclic) bond motifs is 1. The van der Waals surface area contributed by atoms with Crippen LogP contribution in [0.5, 0.6) is 5.88 Å². The minimum Gasteiger partial charge on any atom is -0.470 e. The Bertz CT molecular complexity index is 1090. The molecule has 8 heteroatoms. The van der Waals surface area contributed by atoms with Crippen molar-refractivity contribution in [2.24, 2.45) is 0 Å². The van der Waals surface area contributed by atoms with Crippen LogP contribution >= 0.6 is 0 Å². The number of amides is 1. The highest BCUT2D eigenvalue weighted by Gasteiger charge is 2.21. The predicted octanol–water partition coefficient (Wildman–Crippen LogP) is 2.92. The number of rotatable bonds is 4. The molecule has 1 atom stereocenters. The van der Waals surface area contributed by atoms with Crippen LogP contribution in [0.1, 0.15) is 19.8 Å². The van der Waals surface area contributed by atoms with Gasteiger partial charge in [0.05, 0.1) is 17.8 Å². The summed E-state index contributed by atoms with van der Waals surface area (Å²) in [5.74, 6) is 0.647. The second kappa shape index (κ2) is 9.08. The lowest BCUT2D eigenvalue weighted by Crippen LogP contribution is -2.48. The average molecular weight is 434 g/mol. The van der Waals surface area contributed by atoms with Gasteiger partial charge in [0.1, 0.15) is 6.10 Å². The Labute approximate surface area is 187 Å². The van der Waals surface area contributed by atoms with Gasteiger partial charge in [-0.15, -0.1) is 0 Å². The van der Waals surface area contributed by atoms with Crippen LogP contribution in [-0.4, -0.2) is 71.3 Å². The number of carbonyl (C=O) groups excluding carboxylic acids is 1. The molecule has 0 radical (unpaired) electrons. The second-order valence-corrected chi connectivity index (χ2v) is 8.23. The van der Waals surface area contributed by atoms with E-state index in [1.54, 1.807) is 19.3 Å². The van der Waals surface area contributed by atoms with E-state index in [-0.39, 0.29) is 12.0 Å². The molecule has 0 saturated carbocycles. The summed E-state index contributed by atoms with van der Waals surface area (Å²) in [7, 11) is 0. The Morgan fingerprint density at radius 2 is 1.88 bits per heavy atom. The van der Waals surface area contributed by atoms with Crippen molar-refractivity contribution >= 4 is 22.6 Å². The van der Waals surface area contributed by atoms with Crippen LogP contribution in [0.3, 0.4) is 0 Å². The SMILES string of the molecule is CC(=O)N1CCN(c2ccc(-c3cc4nccnc4c(OC4CCCOC4)n3)cc2)CC1. The van der Waals surface area contributed by atoms with Crippen molar-refractivity contribution in [1.29, 1.82) is 0 Å². The van der Waals surface area contributed by atoms with Crippen molar-refractivity contribution in [3.8, 4) is 17.1 Å². The highest BCUT2D eigenvalue weighted by Crippen LogP contribution is 2.29. The summed E-state index contributed by atoms with van der Waals surface area (Å²) < 4.78 is 11.8. The van der Waals surface area contributed by atoms with Crippen LogP contribution in [-0.2, 0) is 9.53 Å². The van der Waals surface area contributed by atoms with Crippen LogP contribution in [0.15, 0.2) is 42.7 Å². The number of ether oxygens (including phenoxy) is 2. The lowest BCUT2D eigenvalue weighted by molar-refractivity contribution is -0.129. The summed E-state index contributed by atoms with van der Waals surface area (Å²) in [5, 5.41) is 0. The maximum Gasteiger partial charge on any atom is 0.243 e. The van der Waals surface area contributed by atoms with E-state index in [0.29, 0.717) is 18.0 Å². The molecule has 0 bridgehead atoms. The molecule has 1 aromatic carbocycles. The summed E-state index contributed by atoms with van der Waals surface area (Å²) in [6.45, 7) is 6.17. The highest BCUT2D eigenvalue weighted by atomic mass is 16.5. The van der Waals surface area contributed by atoms with Crippen molar-refractivity contribution in [3.63, 3.8) is 0 Å². The van der Waals surface area contributed by atoms with Gasteiger partial charge < -0.3 is 19.3 Å². The van der Waals surface area contributed by atoms with E-state index < -0.39 is 0 Å². The number of hydrogen-bond donors (Lipinski definition) is 0. The summed E-state index contributed by atoms with van der Waals surface area (Å²) in [5.41, 5.74) is 4.37. The highest BCUT2D eigenvalue weighted by molar-refractivity contribution is 5.83. The zero-order chi connectivity index (χ0) is 21.9. The smallest absolute Gasteiger partial charge is 0.243 e. The number of piperazine rings is 1. The minimum absolute atomic E-state index is 0.0206. The molecule has 0 spiro atoms. The lowest BCUT2D eigenvalue weighted by atomic mass is 10.1. The first-order chi connectivity index (χ1) is 15.7. The van der Waals surface area contributed by atoms with Gasteiger partial charge in [-0.05, 0) is 31.0 Å². The van der Waals surface area contributed by atoms with Crippen LogP contribution in [0, 0.1) is 0 Å². The first-order valence-electron chi connectivity index (χ1n) is 11.1. The molecule has 2 aliphatic heterocycles. The fourth-order valence-corrected chi connectivity index (χ4v) is 4.26. The molecule has 1 amide bonds. The third-order valence-electron chi connectivity index (χ3n) is 6.07. The van der Waals surface area contributed by atoms with Gasteiger partial charge in [-0.2, -0.15) is 0 Å². The molecule has 2 fully saturated rings. The van der Waals surface area contributed by atoms with Gasteiger partial charge in [-0.1, -0.05) is 12.1 Å². The van der Waals surface area contributed by atoms with Gasteiger partial charge in [-0.3, -0.25) is 9.78 Å². The number of aromatic nitrogens is 3. The number of benzene rings is 1. The van der Waals surface area contributed by atoms with Gasteiger partial charge in [0, 0.05) is 63.4 Å². The van der Waals surface area contributed by atoms with Gasteiger partial charge in [0.2, 0.25) is 11.8 Å². The topological polar surface area (TPSA) is 80.7 Å². The molecule has 0 N–H and O–H groups in total. The lowest BCUT2D eigenvalue weighted by Gasteiger charge is -2.35. The van der Waals surface area contributed by atoms with Crippen molar-refractivity contribution in [1.82, 2.24) is 19.9 Å². The Morgan fingerprint density at radius 3 is 2.59 bits per heavy atom. The number of carbonyl (C=O) groups is 1. The van der Waals surface area contributed by atoms with Crippen LogP contribution < -0.4 is 9.64 Å². The van der Waals surface area contributed by atoms with E-state index in [0.717, 1.165) is 68.1 Å². The first-order valence-corrected chi connectivity index (χ1v) is 11.1. The quantitative estimate of drug-likeness (QED) is 0.626. The number of anilines is 1. The first kappa shape index (κ1) is 20.6. The van der Waals surface area contributed by atoms with E-state index in [9.17, 15) is 4.79 Å². The molecule has 32 heavy (non-hydrogen) atoms. The minimum atomic E-state index is -0.0206. The molecule has 5 rings (SSSR count). The molecule has 166 valence electrons. The summed E-state index contributed by atoms with van der Waals surface area (Å²) >= 11 is 0. The molecular formula is C24H27N5O3. The maximum atomic E-state index is 11.6. The Hall–Kier alpha value is -3.26. The van der Waals surface area contributed by atoms with Crippen molar-refractivity contribution in [2.75, 3.05) is 44.3 Å². The van der Waals surface area contributed by atoms with E-state index in [1.165, 1.54) is 0 Å². The monoisotopic (exact) mass is 433 g/mol. The molecule has 1 unspecified atom stereocenters.